The van der Waals surface area contributed by atoms with Crippen LogP contribution in [0.15, 0.2) is 28.6 Å². The van der Waals surface area contributed by atoms with Gasteiger partial charge in [-0.25, -0.2) is 4.39 Å². The monoisotopic (exact) mass is 352 g/mol. The zero-order chi connectivity index (χ0) is 16.1. The van der Waals surface area contributed by atoms with Gasteiger partial charge in [0.1, 0.15) is 5.82 Å². The van der Waals surface area contributed by atoms with Gasteiger partial charge in [-0.1, -0.05) is 35.2 Å². The van der Waals surface area contributed by atoms with Gasteiger partial charge < -0.3 is 5.73 Å². The second-order valence-corrected chi connectivity index (χ2v) is 7.44. The molecule has 0 aliphatic rings. The van der Waals surface area contributed by atoms with Crippen molar-refractivity contribution in [3.05, 3.63) is 41.5 Å². The van der Waals surface area contributed by atoms with Gasteiger partial charge in [-0.05, 0) is 37.0 Å². The van der Waals surface area contributed by atoms with Crippen LogP contribution in [0.1, 0.15) is 30.7 Å². The van der Waals surface area contributed by atoms with Gasteiger partial charge in [0.05, 0.1) is 6.54 Å². The van der Waals surface area contributed by atoms with Crippen LogP contribution in [0.5, 0.6) is 0 Å². The lowest BCUT2D eigenvalue weighted by molar-refractivity contribution is -0.368. The second-order valence-electron chi connectivity index (χ2n) is 5.26. The smallest absolute Gasteiger partial charge is 0.235 e. The Morgan fingerprint density at radius 3 is 2.96 bits per heavy atom. The molecule has 0 aliphatic carbocycles. The Morgan fingerprint density at radius 2 is 2.13 bits per heavy atom. The first kappa shape index (κ1) is 16.4. The fraction of sp³-hybridized carbons (Fsp3) is 0.400. The van der Waals surface area contributed by atoms with Crippen LogP contribution in [0.2, 0.25) is 0 Å². The number of halogens is 1. The van der Waals surface area contributed by atoms with E-state index in [1.165, 1.54) is 17.4 Å². The van der Waals surface area contributed by atoms with Crippen molar-refractivity contribution >= 4 is 28.1 Å². The number of fused-ring (bicyclic) bond motifs is 1. The number of hydrogen-bond donors (Lipinski definition) is 1. The number of nitrogens with zero attached hydrogens (tertiary/aromatic N) is 4. The van der Waals surface area contributed by atoms with Crippen molar-refractivity contribution in [3.63, 3.8) is 0 Å². The number of quaternary nitrogens is 1. The third-order valence-corrected chi connectivity index (χ3v) is 5.54. The van der Waals surface area contributed by atoms with Crippen LogP contribution in [-0.2, 0) is 12.2 Å². The van der Waals surface area contributed by atoms with E-state index in [0.717, 1.165) is 52.9 Å². The Bertz CT molecular complexity index is 770. The molecule has 0 bridgehead atoms. The first-order valence-corrected chi connectivity index (χ1v) is 9.44. The van der Waals surface area contributed by atoms with Crippen LogP contribution in [-0.4, -0.2) is 26.4 Å². The number of benzene rings is 1. The lowest BCUT2D eigenvalue weighted by Gasteiger charge is -1.98. The maximum absolute atomic E-state index is 13.2. The van der Waals surface area contributed by atoms with Crippen LogP contribution in [0, 0.1) is 5.82 Å². The van der Waals surface area contributed by atoms with Crippen molar-refractivity contribution in [3.8, 4) is 0 Å². The predicted octanol–water partition coefficient (Wildman–Crippen LogP) is 2.57. The zero-order valence-electron chi connectivity index (χ0n) is 12.7. The van der Waals surface area contributed by atoms with Gasteiger partial charge >= 0.3 is 0 Å². The first-order valence-electron chi connectivity index (χ1n) is 7.64. The fourth-order valence-corrected chi connectivity index (χ4v) is 4.10. The fourth-order valence-electron chi connectivity index (χ4n) is 2.26. The summed E-state index contributed by atoms with van der Waals surface area (Å²) in [6.45, 7) is 0.979. The van der Waals surface area contributed by atoms with Crippen LogP contribution in [0.25, 0.3) is 4.96 Å². The zero-order valence-corrected chi connectivity index (χ0v) is 14.4. The van der Waals surface area contributed by atoms with Crippen molar-refractivity contribution in [2.75, 3.05) is 6.54 Å². The van der Waals surface area contributed by atoms with Gasteiger partial charge in [-0.2, -0.15) is 4.52 Å². The number of rotatable bonds is 8. The molecule has 2 aromatic heterocycles. The molecule has 3 N–H and O–H groups in total. The minimum atomic E-state index is -0.203. The SMILES string of the molecule is [NH3+]CCCCCc1nnc2sc(SCc3cccc(F)c3)nn12. The molecule has 0 fully saturated rings. The van der Waals surface area contributed by atoms with Crippen LogP contribution in [0.4, 0.5) is 4.39 Å². The van der Waals surface area contributed by atoms with E-state index in [4.69, 9.17) is 0 Å². The summed E-state index contributed by atoms with van der Waals surface area (Å²) in [4.78, 5) is 0.818. The number of hydrogen-bond acceptors (Lipinski definition) is 5. The van der Waals surface area contributed by atoms with Gasteiger partial charge in [0, 0.05) is 12.2 Å². The average molecular weight is 352 g/mol. The van der Waals surface area contributed by atoms with Crippen LogP contribution in [0.3, 0.4) is 0 Å². The Kier molecular flexibility index (Phi) is 5.58. The minimum absolute atomic E-state index is 0.203. The van der Waals surface area contributed by atoms with Gasteiger partial charge in [0.2, 0.25) is 4.96 Å². The molecule has 5 nitrogen and oxygen atoms in total. The lowest BCUT2D eigenvalue weighted by atomic mass is 10.2. The Balaban J connectivity index is 1.62. The molecule has 0 saturated carbocycles. The number of unbranched alkanes of at least 4 members (excludes halogenated alkanes) is 2. The maximum Gasteiger partial charge on any atom is 0.235 e. The molecule has 0 saturated heterocycles. The molecule has 0 unspecified atom stereocenters. The third kappa shape index (κ3) is 4.27. The molecule has 0 amide bonds. The molecule has 3 rings (SSSR count). The molecule has 0 spiro atoms. The summed E-state index contributed by atoms with van der Waals surface area (Å²) in [7, 11) is 0. The molecule has 3 aromatic rings. The normalized spacial score (nSPS) is 11.4. The summed E-state index contributed by atoms with van der Waals surface area (Å²) in [5, 5.41) is 13.0. The number of aromatic nitrogens is 4. The van der Waals surface area contributed by atoms with Gasteiger partial charge in [0.15, 0.2) is 10.2 Å². The third-order valence-electron chi connectivity index (χ3n) is 3.44. The van der Waals surface area contributed by atoms with E-state index >= 15 is 0 Å². The van der Waals surface area contributed by atoms with E-state index in [2.05, 4.69) is 21.0 Å². The highest BCUT2D eigenvalue weighted by molar-refractivity contribution is 8.00. The number of aryl methyl sites for hydroxylation is 1. The first-order chi connectivity index (χ1) is 11.3. The molecular formula is C15H19FN5S2+. The topological polar surface area (TPSA) is 70.7 Å². The summed E-state index contributed by atoms with van der Waals surface area (Å²) >= 11 is 3.12. The van der Waals surface area contributed by atoms with E-state index in [0.29, 0.717) is 5.75 Å². The van der Waals surface area contributed by atoms with E-state index in [1.807, 2.05) is 10.6 Å². The van der Waals surface area contributed by atoms with Crippen molar-refractivity contribution < 1.29 is 10.1 Å². The highest BCUT2D eigenvalue weighted by Crippen LogP contribution is 2.27. The molecule has 2 heterocycles. The Morgan fingerprint density at radius 1 is 1.22 bits per heavy atom. The van der Waals surface area contributed by atoms with Crippen LogP contribution < -0.4 is 5.73 Å². The summed E-state index contributed by atoms with van der Waals surface area (Å²) in [5.41, 5.74) is 4.81. The average Bonchev–Trinajstić information content (AvgIpc) is 3.10. The summed E-state index contributed by atoms with van der Waals surface area (Å²) in [5.74, 6) is 1.41. The molecule has 8 heteroatoms. The van der Waals surface area contributed by atoms with Crippen molar-refractivity contribution in [2.45, 2.75) is 35.8 Å². The van der Waals surface area contributed by atoms with Crippen molar-refractivity contribution in [2.24, 2.45) is 0 Å². The van der Waals surface area contributed by atoms with E-state index in [1.54, 1.807) is 23.9 Å². The summed E-state index contributed by atoms with van der Waals surface area (Å²) in [6, 6.07) is 6.66. The van der Waals surface area contributed by atoms with E-state index in [-0.39, 0.29) is 5.82 Å². The standard InChI is InChI=1S/C15H18FN5S2/c16-12-6-4-5-11(9-12)10-22-15-20-21-13(7-2-1-3-8-17)18-19-14(21)23-15/h4-6,9H,1-3,7-8,10,17H2/p+1. The molecular weight excluding hydrogens is 333 g/mol. The van der Waals surface area contributed by atoms with E-state index < -0.39 is 0 Å². The molecule has 0 radical (unpaired) electrons. The molecule has 1 aromatic carbocycles. The molecule has 122 valence electrons. The number of thioether (sulfide) groups is 1. The van der Waals surface area contributed by atoms with Crippen molar-refractivity contribution in [1.82, 2.24) is 19.8 Å². The Labute approximate surface area is 142 Å². The van der Waals surface area contributed by atoms with Gasteiger partial charge in [0.25, 0.3) is 0 Å². The highest BCUT2D eigenvalue weighted by Gasteiger charge is 2.12. The van der Waals surface area contributed by atoms with Gasteiger partial charge in [-0.15, -0.1) is 15.3 Å². The molecule has 0 aliphatic heterocycles. The lowest BCUT2D eigenvalue weighted by Crippen LogP contribution is -2.50. The molecule has 23 heavy (non-hydrogen) atoms. The summed E-state index contributed by atoms with van der Waals surface area (Å²) in [6.07, 6.45) is 4.27. The van der Waals surface area contributed by atoms with Gasteiger partial charge in [-0.3, -0.25) is 0 Å². The van der Waals surface area contributed by atoms with Crippen LogP contribution >= 0.6 is 23.1 Å². The predicted molar refractivity (Wildman–Crippen MR) is 89.9 cm³/mol. The minimum Gasteiger partial charge on any atom is -0.358 e. The largest absolute Gasteiger partial charge is 0.358 e. The summed E-state index contributed by atoms with van der Waals surface area (Å²) < 4.78 is 16.0. The quantitative estimate of drug-likeness (QED) is 0.500. The van der Waals surface area contributed by atoms with Crippen molar-refractivity contribution in [1.29, 1.82) is 0 Å². The second kappa shape index (κ2) is 7.85. The Hall–Kier alpha value is -1.51. The highest BCUT2D eigenvalue weighted by atomic mass is 32.2. The van der Waals surface area contributed by atoms with E-state index in [9.17, 15) is 4.39 Å². The maximum atomic E-state index is 13.2. The molecule has 0 atom stereocenters.